The first kappa shape index (κ1) is 17.1. The van der Waals surface area contributed by atoms with E-state index in [1.165, 1.54) is 0 Å². The Bertz CT molecular complexity index is 627. The number of likely N-dealkylation sites (tertiary alicyclic amines) is 1. The maximum Gasteiger partial charge on any atom is 0.410 e. The largest absolute Gasteiger partial charge is 0.444 e. The van der Waals surface area contributed by atoms with Crippen LogP contribution in [0.4, 0.5) is 4.79 Å². The third-order valence-electron chi connectivity index (χ3n) is 4.53. The van der Waals surface area contributed by atoms with Crippen LogP contribution in [0.15, 0.2) is 24.3 Å². The van der Waals surface area contributed by atoms with Crippen LogP contribution in [0.2, 0.25) is 5.02 Å². The molecule has 1 aliphatic carbocycles. The third-order valence-corrected chi connectivity index (χ3v) is 4.78. The van der Waals surface area contributed by atoms with Crippen LogP contribution < -0.4 is 5.32 Å². The van der Waals surface area contributed by atoms with E-state index in [0.29, 0.717) is 24.7 Å². The topological polar surface area (TPSA) is 58.6 Å². The quantitative estimate of drug-likeness (QED) is 0.911. The molecule has 6 heteroatoms. The summed E-state index contributed by atoms with van der Waals surface area (Å²) in [6.45, 7) is 7.29. The Kier molecular flexibility index (Phi) is 4.47. The minimum Gasteiger partial charge on any atom is -0.444 e. The first-order valence-corrected chi connectivity index (χ1v) is 8.62. The fraction of sp³-hybridized carbons (Fsp3) is 0.556. The van der Waals surface area contributed by atoms with Crippen molar-refractivity contribution in [3.8, 4) is 0 Å². The molecule has 0 radical (unpaired) electrons. The molecule has 3 atom stereocenters. The van der Waals surface area contributed by atoms with E-state index in [9.17, 15) is 9.59 Å². The fourth-order valence-electron chi connectivity index (χ4n) is 3.30. The van der Waals surface area contributed by atoms with Gasteiger partial charge in [0.05, 0.1) is 0 Å². The number of piperidine rings is 1. The zero-order valence-electron chi connectivity index (χ0n) is 14.2. The molecule has 0 spiro atoms. The van der Waals surface area contributed by atoms with E-state index in [1.807, 2.05) is 45.0 Å². The Morgan fingerprint density at radius 1 is 1.21 bits per heavy atom. The normalized spacial score (nSPS) is 25.2. The van der Waals surface area contributed by atoms with Gasteiger partial charge in [-0.3, -0.25) is 4.79 Å². The molecule has 1 aliphatic heterocycles. The van der Waals surface area contributed by atoms with E-state index in [2.05, 4.69) is 5.32 Å². The smallest absolute Gasteiger partial charge is 0.410 e. The average molecular weight is 351 g/mol. The molecule has 24 heavy (non-hydrogen) atoms. The zero-order valence-corrected chi connectivity index (χ0v) is 15.0. The molecule has 1 saturated carbocycles. The van der Waals surface area contributed by atoms with Crippen molar-refractivity contribution in [2.75, 3.05) is 13.1 Å². The monoisotopic (exact) mass is 350 g/mol. The lowest BCUT2D eigenvalue weighted by Crippen LogP contribution is -2.38. The van der Waals surface area contributed by atoms with Gasteiger partial charge >= 0.3 is 6.09 Å². The summed E-state index contributed by atoms with van der Waals surface area (Å²) >= 11 is 5.85. The average Bonchev–Trinajstić information content (AvgIpc) is 2.98. The van der Waals surface area contributed by atoms with E-state index >= 15 is 0 Å². The number of hydrogen-bond donors (Lipinski definition) is 1. The number of halogens is 1. The van der Waals surface area contributed by atoms with E-state index in [1.54, 1.807) is 4.90 Å². The number of benzene rings is 1. The SMILES string of the molecule is CC(C)(C)OC(=O)N1C[C@@H]2[C@H](C1)[C@H]2C(=O)NCc1ccc(Cl)cc1. The summed E-state index contributed by atoms with van der Waals surface area (Å²) in [6.07, 6.45) is -0.282. The maximum atomic E-state index is 12.3. The van der Waals surface area contributed by atoms with Gasteiger partial charge in [0.25, 0.3) is 0 Å². The molecule has 0 unspecified atom stereocenters. The number of carbonyl (C=O) groups is 2. The molecule has 0 bridgehead atoms. The first-order chi connectivity index (χ1) is 11.2. The zero-order chi connectivity index (χ0) is 17.5. The minimum atomic E-state index is -0.487. The van der Waals surface area contributed by atoms with Gasteiger partial charge in [-0.05, 0) is 50.3 Å². The van der Waals surface area contributed by atoms with Crippen LogP contribution in [-0.2, 0) is 16.1 Å². The van der Waals surface area contributed by atoms with Crippen molar-refractivity contribution in [1.82, 2.24) is 10.2 Å². The van der Waals surface area contributed by atoms with Gasteiger partial charge in [0.15, 0.2) is 0 Å². The van der Waals surface area contributed by atoms with Crippen LogP contribution in [0.1, 0.15) is 26.3 Å². The number of rotatable bonds is 3. The highest BCUT2D eigenvalue weighted by atomic mass is 35.5. The molecule has 1 aromatic rings. The number of nitrogens with zero attached hydrogens (tertiary/aromatic N) is 1. The van der Waals surface area contributed by atoms with Crippen LogP contribution in [0, 0.1) is 17.8 Å². The van der Waals surface area contributed by atoms with Gasteiger partial charge in [0, 0.05) is 30.6 Å². The Morgan fingerprint density at radius 2 is 1.79 bits per heavy atom. The highest BCUT2D eigenvalue weighted by Gasteiger charge is 2.60. The van der Waals surface area contributed by atoms with Gasteiger partial charge in [-0.1, -0.05) is 23.7 Å². The number of fused-ring (bicyclic) bond motifs is 1. The molecule has 1 heterocycles. The number of amides is 2. The fourth-order valence-corrected chi connectivity index (χ4v) is 3.43. The van der Waals surface area contributed by atoms with Crippen LogP contribution in [0.3, 0.4) is 0 Å². The number of nitrogens with one attached hydrogen (secondary N) is 1. The molecule has 0 aromatic heterocycles. The molecule has 1 N–H and O–H groups in total. The Labute approximate surface area is 147 Å². The van der Waals surface area contributed by atoms with Gasteiger partial charge in [-0.25, -0.2) is 4.79 Å². The Morgan fingerprint density at radius 3 is 2.33 bits per heavy atom. The predicted molar refractivity (Wildman–Crippen MR) is 91.6 cm³/mol. The van der Waals surface area contributed by atoms with E-state index < -0.39 is 5.60 Å². The van der Waals surface area contributed by atoms with Crippen molar-refractivity contribution in [1.29, 1.82) is 0 Å². The Hall–Kier alpha value is -1.75. The summed E-state index contributed by atoms with van der Waals surface area (Å²) < 4.78 is 5.38. The highest BCUT2D eigenvalue weighted by Crippen LogP contribution is 2.52. The van der Waals surface area contributed by atoms with Gasteiger partial charge in [0.1, 0.15) is 5.60 Å². The molecule has 2 fully saturated rings. The van der Waals surface area contributed by atoms with E-state index in [4.69, 9.17) is 16.3 Å². The standard InChI is InChI=1S/C18H23ClN2O3/c1-18(2,3)24-17(23)21-9-13-14(10-21)15(13)16(22)20-8-11-4-6-12(19)7-5-11/h4-7,13-15H,8-10H2,1-3H3,(H,20,22)/t13-,14+,15+. The lowest BCUT2D eigenvalue weighted by atomic mass is 10.2. The number of carbonyl (C=O) groups excluding carboxylic acids is 2. The van der Waals surface area contributed by atoms with Crippen molar-refractivity contribution < 1.29 is 14.3 Å². The van der Waals surface area contributed by atoms with Crippen molar-refractivity contribution in [2.24, 2.45) is 17.8 Å². The molecule has 5 nitrogen and oxygen atoms in total. The first-order valence-electron chi connectivity index (χ1n) is 8.25. The Balaban J connectivity index is 1.44. The molecule has 1 aromatic carbocycles. The number of hydrogen-bond acceptors (Lipinski definition) is 3. The van der Waals surface area contributed by atoms with Gasteiger partial charge < -0.3 is 15.0 Å². The molecular formula is C18H23ClN2O3. The lowest BCUT2D eigenvalue weighted by molar-refractivity contribution is -0.123. The molecule has 130 valence electrons. The van der Waals surface area contributed by atoms with Crippen molar-refractivity contribution in [3.63, 3.8) is 0 Å². The maximum absolute atomic E-state index is 12.3. The van der Waals surface area contributed by atoms with E-state index in [-0.39, 0.29) is 29.8 Å². The van der Waals surface area contributed by atoms with Crippen molar-refractivity contribution in [3.05, 3.63) is 34.9 Å². The van der Waals surface area contributed by atoms with Gasteiger partial charge in [-0.2, -0.15) is 0 Å². The summed E-state index contributed by atoms with van der Waals surface area (Å²) in [6, 6.07) is 7.43. The summed E-state index contributed by atoms with van der Waals surface area (Å²) in [4.78, 5) is 26.0. The summed E-state index contributed by atoms with van der Waals surface area (Å²) in [5.74, 6) is 0.630. The lowest BCUT2D eigenvalue weighted by Gasteiger charge is -2.25. The van der Waals surface area contributed by atoms with Crippen LogP contribution in [0.25, 0.3) is 0 Å². The number of ether oxygens (including phenoxy) is 1. The predicted octanol–water partition coefficient (Wildman–Crippen LogP) is 3.07. The highest BCUT2D eigenvalue weighted by molar-refractivity contribution is 6.30. The van der Waals surface area contributed by atoms with Crippen molar-refractivity contribution in [2.45, 2.75) is 32.9 Å². The summed E-state index contributed by atoms with van der Waals surface area (Å²) in [7, 11) is 0. The van der Waals surface area contributed by atoms with Gasteiger partial charge in [0.2, 0.25) is 5.91 Å². The summed E-state index contributed by atoms with van der Waals surface area (Å²) in [5, 5.41) is 3.66. The second-order valence-corrected chi connectivity index (χ2v) is 8.02. The second-order valence-electron chi connectivity index (χ2n) is 7.58. The second kappa shape index (κ2) is 6.28. The van der Waals surface area contributed by atoms with Crippen LogP contribution >= 0.6 is 11.6 Å². The molecular weight excluding hydrogens is 328 g/mol. The molecule has 2 aliphatic rings. The summed E-state index contributed by atoms with van der Waals surface area (Å²) in [5.41, 5.74) is 0.535. The van der Waals surface area contributed by atoms with E-state index in [0.717, 1.165) is 5.56 Å². The minimum absolute atomic E-state index is 0.0241. The molecule has 2 amide bonds. The molecule has 3 rings (SSSR count). The van der Waals surface area contributed by atoms with Crippen LogP contribution in [0.5, 0.6) is 0 Å². The van der Waals surface area contributed by atoms with Gasteiger partial charge in [-0.15, -0.1) is 0 Å². The third kappa shape index (κ3) is 3.83. The van der Waals surface area contributed by atoms with Crippen molar-refractivity contribution >= 4 is 23.6 Å². The molecule has 1 saturated heterocycles. The van der Waals surface area contributed by atoms with Crippen LogP contribution in [-0.4, -0.2) is 35.6 Å².